The van der Waals surface area contributed by atoms with E-state index in [1.54, 1.807) is 7.11 Å². The van der Waals surface area contributed by atoms with Gasteiger partial charge in [-0.15, -0.1) is 0 Å². The van der Waals surface area contributed by atoms with Gasteiger partial charge in [0.1, 0.15) is 5.69 Å². The van der Waals surface area contributed by atoms with Crippen LogP contribution in [0.2, 0.25) is 0 Å². The number of ether oxygens (including phenoxy) is 1. The highest BCUT2D eigenvalue weighted by molar-refractivity contribution is 5.88. The predicted octanol–water partition coefficient (Wildman–Crippen LogP) is 4.50. The molecule has 0 aliphatic rings. The Morgan fingerprint density at radius 2 is 1.86 bits per heavy atom. The summed E-state index contributed by atoms with van der Waals surface area (Å²) in [6.07, 6.45) is 1.49. The Morgan fingerprint density at radius 1 is 1.09 bits per heavy atom. The first-order valence-electron chi connectivity index (χ1n) is 7.30. The van der Waals surface area contributed by atoms with Crippen LogP contribution in [0.25, 0.3) is 22.4 Å². The largest absolute Gasteiger partial charge is 0.479 e. The van der Waals surface area contributed by atoms with Gasteiger partial charge >= 0.3 is 0 Å². The molecule has 0 spiro atoms. The normalized spacial score (nSPS) is 11.9. The molecule has 4 nitrogen and oxygen atoms in total. The molecule has 3 aromatic rings. The number of rotatable bonds is 2. The first kappa shape index (κ1) is 14.6. The van der Waals surface area contributed by atoms with Gasteiger partial charge in [-0.05, 0) is 18.4 Å². The van der Waals surface area contributed by atoms with Gasteiger partial charge in [0.05, 0.1) is 12.8 Å². The lowest BCUT2D eigenvalue weighted by molar-refractivity contribution is 0.395. The van der Waals surface area contributed by atoms with Crippen LogP contribution in [0, 0.1) is 6.92 Å². The molecule has 0 N–H and O–H groups in total. The van der Waals surface area contributed by atoms with E-state index in [1.165, 1.54) is 17.2 Å². The molecule has 2 aromatic heterocycles. The maximum absolute atomic E-state index is 5.49. The Kier molecular flexibility index (Phi) is 3.39. The van der Waals surface area contributed by atoms with Crippen molar-refractivity contribution in [2.24, 2.45) is 0 Å². The molecule has 0 unspecified atom stereocenters. The predicted molar refractivity (Wildman–Crippen MR) is 87.2 cm³/mol. The van der Waals surface area contributed by atoms with Gasteiger partial charge in [-0.1, -0.05) is 44.5 Å². The molecule has 0 amide bonds. The van der Waals surface area contributed by atoms with Crippen molar-refractivity contribution >= 4 is 10.8 Å². The minimum Gasteiger partial charge on any atom is -0.479 e. The van der Waals surface area contributed by atoms with Crippen molar-refractivity contribution in [2.45, 2.75) is 33.1 Å². The van der Waals surface area contributed by atoms with Crippen molar-refractivity contribution in [3.63, 3.8) is 0 Å². The lowest BCUT2D eigenvalue weighted by Gasteiger charge is -2.21. The number of fused-ring (bicyclic) bond motifs is 1. The molecule has 2 heterocycles. The number of hydrogen-bond donors (Lipinski definition) is 0. The molecule has 1 aromatic carbocycles. The molecule has 4 heteroatoms. The zero-order valence-electron chi connectivity index (χ0n) is 13.6. The highest BCUT2D eigenvalue weighted by atomic mass is 16.5. The third-order valence-corrected chi connectivity index (χ3v) is 3.61. The molecule has 22 heavy (non-hydrogen) atoms. The van der Waals surface area contributed by atoms with Crippen molar-refractivity contribution in [3.05, 3.63) is 41.8 Å². The number of aromatic nitrogens is 2. The van der Waals surface area contributed by atoms with Crippen molar-refractivity contribution < 1.29 is 9.15 Å². The molecule has 0 fully saturated rings. The Bertz CT molecular complexity index is 829. The van der Waals surface area contributed by atoms with E-state index in [9.17, 15) is 0 Å². The summed E-state index contributed by atoms with van der Waals surface area (Å²) in [5, 5.41) is 2.31. The second-order valence-corrected chi connectivity index (χ2v) is 6.53. The minimum absolute atomic E-state index is 0.0692. The molecule has 114 valence electrons. The van der Waals surface area contributed by atoms with E-state index in [1.807, 2.05) is 6.07 Å². The zero-order valence-corrected chi connectivity index (χ0v) is 13.6. The van der Waals surface area contributed by atoms with Crippen molar-refractivity contribution in [2.75, 3.05) is 7.11 Å². The first-order chi connectivity index (χ1) is 10.4. The minimum atomic E-state index is -0.0692. The molecular weight excluding hydrogens is 276 g/mol. The van der Waals surface area contributed by atoms with E-state index in [4.69, 9.17) is 14.1 Å². The summed E-state index contributed by atoms with van der Waals surface area (Å²) < 4.78 is 10.6. The number of nitrogens with zero attached hydrogens (tertiary/aromatic N) is 2. The maximum Gasteiger partial charge on any atom is 0.253 e. The second kappa shape index (κ2) is 5.13. The highest BCUT2D eigenvalue weighted by Gasteiger charge is 2.21. The van der Waals surface area contributed by atoms with Gasteiger partial charge in [-0.25, -0.2) is 4.98 Å². The highest BCUT2D eigenvalue weighted by Crippen LogP contribution is 2.32. The SMILES string of the molecule is COc1coc(-c2cc3cc(C)ccc3c(C(C)(C)C)n2)n1. The van der Waals surface area contributed by atoms with Crippen molar-refractivity contribution in [1.82, 2.24) is 9.97 Å². The second-order valence-electron chi connectivity index (χ2n) is 6.53. The molecular formula is C18H20N2O2. The monoisotopic (exact) mass is 296 g/mol. The van der Waals surface area contributed by atoms with Crippen LogP contribution in [0.15, 0.2) is 34.9 Å². The van der Waals surface area contributed by atoms with Crippen LogP contribution in [-0.4, -0.2) is 17.1 Å². The Morgan fingerprint density at radius 3 is 2.50 bits per heavy atom. The number of hydrogen-bond acceptors (Lipinski definition) is 4. The summed E-state index contributed by atoms with van der Waals surface area (Å²) in [4.78, 5) is 9.11. The van der Waals surface area contributed by atoms with Gasteiger partial charge in [0, 0.05) is 10.8 Å². The molecule has 0 radical (unpaired) electrons. The van der Waals surface area contributed by atoms with E-state index >= 15 is 0 Å². The molecule has 0 aliphatic heterocycles. The van der Waals surface area contributed by atoms with Crippen LogP contribution in [0.1, 0.15) is 32.0 Å². The summed E-state index contributed by atoms with van der Waals surface area (Å²) >= 11 is 0. The van der Waals surface area contributed by atoms with Crippen molar-refractivity contribution in [1.29, 1.82) is 0 Å². The summed E-state index contributed by atoms with van der Waals surface area (Å²) in [6, 6.07) is 8.43. The van der Waals surface area contributed by atoms with E-state index in [0.717, 1.165) is 16.8 Å². The first-order valence-corrected chi connectivity index (χ1v) is 7.30. The average molecular weight is 296 g/mol. The third kappa shape index (κ3) is 2.56. The lowest BCUT2D eigenvalue weighted by atomic mass is 9.87. The van der Waals surface area contributed by atoms with Crippen LogP contribution in [0.4, 0.5) is 0 Å². The number of aryl methyl sites for hydroxylation is 1. The van der Waals surface area contributed by atoms with Gasteiger partial charge in [0.2, 0.25) is 5.89 Å². The smallest absolute Gasteiger partial charge is 0.253 e. The van der Waals surface area contributed by atoms with Crippen LogP contribution in [-0.2, 0) is 5.41 Å². The fourth-order valence-electron chi connectivity index (χ4n) is 2.53. The summed E-state index contributed by atoms with van der Waals surface area (Å²) in [5.74, 6) is 0.934. The van der Waals surface area contributed by atoms with Crippen LogP contribution >= 0.6 is 0 Å². The van der Waals surface area contributed by atoms with Gasteiger partial charge in [-0.3, -0.25) is 0 Å². The maximum atomic E-state index is 5.49. The third-order valence-electron chi connectivity index (χ3n) is 3.61. The van der Waals surface area contributed by atoms with Gasteiger partial charge in [-0.2, -0.15) is 4.98 Å². The molecule has 0 aliphatic carbocycles. The van der Waals surface area contributed by atoms with Crippen LogP contribution in [0.5, 0.6) is 5.88 Å². The zero-order chi connectivity index (χ0) is 15.9. The summed E-state index contributed by atoms with van der Waals surface area (Å²) in [6.45, 7) is 8.57. The lowest BCUT2D eigenvalue weighted by Crippen LogP contribution is -2.14. The van der Waals surface area contributed by atoms with Crippen LogP contribution < -0.4 is 4.74 Å². The number of oxazole rings is 1. The van der Waals surface area contributed by atoms with Gasteiger partial charge in [0.25, 0.3) is 5.88 Å². The Labute approximate surface area is 130 Å². The fraction of sp³-hybridized carbons (Fsp3) is 0.333. The average Bonchev–Trinajstić information content (AvgIpc) is 2.93. The molecule has 3 rings (SSSR count). The van der Waals surface area contributed by atoms with E-state index in [2.05, 4.69) is 50.9 Å². The Balaban J connectivity index is 2.27. The van der Waals surface area contributed by atoms with Gasteiger partial charge in [0.15, 0.2) is 6.26 Å². The van der Waals surface area contributed by atoms with E-state index < -0.39 is 0 Å². The number of pyridine rings is 1. The molecule has 0 saturated heterocycles. The quantitative estimate of drug-likeness (QED) is 0.698. The topological polar surface area (TPSA) is 48.2 Å². The number of benzene rings is 1. The number of methoxy groups -OCH3 is 1. The fourth-order valence-corrected chi connectivity index (χ4v) is 2.53. The standard InChI is InChI=1S/C18H20N2O2/c1-11-6-7-13-12(8-11)9-14(19-16(13)18(2,3)4)17-20-15(21-5)10-22-17/h6-10H,1-5H3. The molecule has 0 saturated carbocycles. The van der Waals surface area contributed by atoms with Gasteiger partial charge < -0.3 is 9.15 Å². The molecule has 0 bridgehead atoms. The van der Waals surface area contributed by atoms with Crippen LogP contribution in [0.3, 0.4) is 0 Å². The van der Waals surface area contributed by atoms with Crippen molar-refractivity contribution in [3.8, 4) is 17.5 Å². The molecule has 0 atom stereocenters. The Hall–Kier alpha value is -2.36. The summed E-state index contributed by atoms with van der Waals surface area (Å²) in [7, 11) is 1.57. The van der Waals surface area contributed by atoms with E-state index in [-0.39, 0.29) is 5.41 Å². The van der Waals surface area contributed by atoms with E-state index in [0.29, 0.717) is 11.8 Å². The summed E-state index contributed by atoms with van der Waals surface area (Å²) in [5.41, 5.74) is 2.91.